The lowest BCUT2D eigenvalue weighted by molar-refractivity contribution is -0.123. The molecule has 2 aromatic heterocycles. The number of carbonyl (C=O) groups excluding carboxylic acids is 1. The fourth-order valence-corrected chi connectivity index (χ4v) is 6.46. The zero-order chi connectivity index (χ0) is 19.3. The molecular weight excluding hydrogens is 426 g/mol. The van der Waals surface area contributed by atoms with Crippen molar-refractivity contribution >= 4 is 50.0 Å². The van der Waals surface area contributed by atoms with Crippen molar-refractivity contribution in [3.8, 4) is 5.75 Å². The molecule has 3 rings (SSSR count). The van der Waals surface area contributed by atoms with E-state index in [2.05, 4.69) is 5.32 Å². The highest BCUT2D eigenvalue weighted by molar-refractivity contribution is 7.93. The van der Waals surface area contributed by atoms with Gasteiger partial charge in [-0.3, -0.25) is 4.79 Å². The van der Waals surface area contributed by atoms with Crippen LogP contribution in [0.15, 0.2) is 63.5 Å². The van der Waals surface area contributed by atoms with Crippen molar-refractivity contribution < 1.29 is 17.9 Å². The van der Waals surface area contributed by atoms with Gasteiger partial charge in [0.1, 0.15) is 15.2 Å². The molecule has 1 aromatic carbocycles. The van der Waals surface area contributed by atoms with Crippen LogP contribution in [-0.2, 0) is 14.6 Å². The Bertz CT molecular complexity index is 968. The monoisotopic (exact) mass is 441 g/mol. The van der Waals surface area contributed by atoms with E-state index in [1.54, 1.807) is 53.9 Å². The number of amides is 1. The molecule has 1 unspecified atom stereocenters. The van der Waals surface area contributed by atoms with Crippen LogP contribution in [0.25, 0.3) is 0 Å². The predicted octanol–water partition coefficient (Wildman–Crippen LogP) is 4.17. The minimum absolute atomic E-state index is 0.0242. The summed E-state index contributed by atoms with van der Waals surface area (Å²) in [5.74, 6) is 0.114. The average molecular weight is 442 g/mol. The smallest absolute Gasteiger partial charge is 0.257 e. The predicted molar refractivity (Wildman–Crippen MR) is 109 cm³/mol. The first-order valence-electron chi connectivity index (χ1n) is 7.92. The van der Waals surface area contributed by atoms with E-state index in [0.717, 1.165) is 0 Å². The molecule has 0 aliphatic carbocycles. The number of benzene rings is 1. The quantitative estimate of drug-likeness (QED) is 0.569. The summed E-state index contributed by atoms with van der Waals surface area (Å²) >= 11 is 8.32. The fourth-order valence-electron chi connectivity index (χ4n) is 2.34. The van der Waals surface area contributed by atoms with Crippen molar-refractivity contribution in [3.63, 3.8) is 0 Å². The SMILES string of the molecule is O=C(COc1ccc(Cl)cc1)NCC(c1cccs1)S(=O)(=O)c1cccs1. The van der Waals surface area contributed by atoms with Gasteiger partial charge in [-0.05, 0) is 47.2 Å². The summed E-state index contributed by atoms with van der Waals surface area (Å²) < 4.78 is 31.5. The van der Waals surface area contributed by atoms with Crippen molar-refractivity contribution in [2.75, 3.05) is 13.2 Å². The standard InChI is InChI=1S/C18H16ClNO4S3/c19-13-5-7-14(8-6-13)24-12-17(21)20-11-16(15-3-1-9-25-15)27(22,23)18-4-2-10-26-18/h1-10,16H,11-12H2,(H,20,21). The Kier molecular flexibility index (Phi) is 6.54. The molecule has 1 N–H and O–H groups in total. The van der Waals surface area contributed by atoms with Crippen LogP contribution < -0.4 is 10.1 Å². The van der Waals surface area contributed by atoms with Crippen molar-refractivity contribution in [2.24, 2.45) is 0 Å². The number of rotatable bonds is 8. The van der Waals surface area contributed by atoms with Crippen LogP contribution in [0.5, 0.6) is 5.75 Å². The lowest BCUT2D eigenvalue weighted by Gasteiger charge is -2.16. The van der Waals surface area contributed by atoms with E-state index in [1.165, 1.54) is 22.7 Å². The molecule has 0 saturated carbocycles. The van der Waals surface area contributed by atoms with Crippen LogP contribution in [0.2, 0.25) is 5.02 Å². The van der Waals surface area contributed by atoms with E-state index in [0.29, 0.717) is 15.6 Å². The van der Waals surface area contributed by atoms with Crippen LogP contribution >= 0.6 is 34.3 Å². The molecule has 0 aliphatic heterocycles. The highest BCUT2D eigenvalue weighted by atomic mass is 35.5. The summed E-state index contributed by atoms with van der Waals surface area (Å²) in [6, 6.07) is 13.5. The molecule has 1 atom stereocenters. The zero-order valence-corrected chi connectivity index (χ0v) is 17.2. The first kappa shape index (κ1) is 19.9. The molecule has 0 aliphatic rings. The lowest BCUT2D eigenvalue weighted by Crippen LogP contribution is -2.34. The summed E-state index contributed by atoms with van der Waals surface area (Å²) in [6.45, 7) is -0.235. The third kappa shape index (κ3) is 5.10. The van der Waals surface area contributed by atoms with E-state index in [4.69, 9.17) is 16.3 Å². The van der Waals surface area contributed by atoms with Crippen LogP contribution in [0.4, 0.5) is 0 Å². The maximum atomic E-state index is 12.9. The van der Waals surface area contributed by atoms with Gasteiger partial charge in [-0.2, -0.15) is 0 Å². The summed E-state index contributed by atoms with van der Waals surface area (Å²) in [5, 5.41) is 5.94. The van der Waals surface area contributed by atoms with Gasteiger partial charge in [0.2, 0.25) is 0 Å². The molecule has 5 nitrogen and oxygen atoms in total. The van der Waals surface area contributed by atoms with E-state index >= 15 is 0 Å². The Hall–Kier alpha value is -1.87. The number of nitrogens with one attached hydrogen (secondary N) is 1. The minimum Gasteiger partial charge on any atom is -0.484 e. The highest BCUT2D eigenvalue weighted by Crippen LogP contribution is 2.33. The molecule has 0 saturated heterocycles. The van der Waals surface area contributed by atoms with Gasteiger partial charge in [0, 0.05) is 16.4 Å². The largest absolute Gasteiger partial charge is 0.484 e. The first-order valence-corrected chi connectivity index (χ1v) is 11.6. The van der Waals surface area contributed by atoms with Gasteiger partial charge in [0.15, 0.2) is 16.4 Å². The number of halogens is 1. The second-order valence-corrected chi connectivity index (χ2v) is 10.2. The van der Waals surface area contributed by atoms with Crippen molar-refractivity contribution in [1.29, 1.82) is 0 Å². The fraction of sp³-hybridized carbons (Fsp3) is 0.167. The van der Waals surface area contributed by atoms with Gasteiger partial charge in [-0.15, -0.1) is 22.7 Å². The Morgan fingerprint density at radius 2 is 1.78 bits per heavy atom. The Morgan fingerprint density at radius 1 is 1.07 bits per heavy atom. The molecule has 0 spiro atoms. The Morgan fingerprint density at radius 3 is 2.41 bits per heavy atom. The second-order valence-electron chi connectivity index (χ2n) is 5.53. The molecular formula is C18H16ClNO4S3. The van der Waals surface area contributed by atoms with Crippen LogP contribution in [0.3, 0.4) is 0 Å². The molecule has 142 valence electrons. The maximum absolute atomic E-state index is 12.9. The lowest BCUT2D eigenvalue weighted by atomic mass is 10.3. The van der Waals surface area contributed by atoms with Crippen molar-refractivity contribution in [3.05, 3.63) is 69.2 Å². The molecule has 0 fully saturated rings. The summed E-state index contributed by atoms with van der Waals surface area (Å²) in [5.41, 5.74) is 0. The van der Waals surface area contributed by atoms with Crippen molar-refractivity contribution in [1.82, 2.24) is 5.32 Å². The Labute approximate surface area is 170 Å². The number of hydrogen-bond acceptors (Lipinski definition) is 6. The molecule has 1 amide bonds. The van der Waals surface area contributed by atoms with E-state index in [1.807, 2.05) is 5.38 Å². The number of carbonyl (C=O) groups is 1. The van der Waals surface area contributed by atoms with Crippen molar-refractivity contribution in [2.45, 2.75) is 9.46 Å². The topological polar surface area (TPSA) is 72.5 Å². The van der Waals surface area contributed by atoms with Crippen LogP contribution in [-0.4, -0.2) is 27.5 Å². The summed E-state index contributed by atoms with van der Waals surface area (Å²) in [6.07, 6.45) is 0. The molecule has 2 heterocycles. The number of thiophene rings is 2. The van der Waals surface area contributed by atoms with Gasteiger partial charge in [-0.25, -0.2) is 8.42 Å². The van der Waals surface area contributed by atoms with Gasteiger partial charge < -0.3 is 10.1 Å². The highest BCUT2D eigenvalue weighted by Gasteiger charge is 2.31. The molecule has 27 heavy (non-hydrogen) atoms. The normalized spacial score (nSPS) is 12.5. The molecule has 0 bridgehead atoms. The van der Waals surface area contributed by atoms with E-state index in [9.17, 15) is 13.2 Å². The summed E-state index contributed by atoms with van der Waals surface area (Å²) in [7, 11) is -3.59. The molecule has 9 heteroatoms. The minimum atomic E-state index is -3.59. The number of ether oxygens (including phenoxy) is 1. The first-order chi connectivity index (χ1) is 13.0. The van der Waals surface area contributed by atoms with Crippen LogP contribution in [0.1, 0.15) is 10.1 Å². The van der Waals surface area contributed by atoms with Gasteiger partial charge >= 0.3 is 0 Å². The zero-order valence-electron chi connectivity index (χ0n) is 14.0. The van der Waals surface area contributed by atoms with Crippen LogP contribution in [0, 0.1) is 0 Å². The Balaban J connectivity index is 1.65. The third-order valence-electron chi connectivity index (χ3n) is 3.68. The second kappa shape index (κ2) is 8.88. The van der Waals surface area contributed by atoms with E-state index < -0.39 is 21.0 Å². The molecule has 0 radical (unpaired) electrons. The summed E-state index contributed by atoms with van der Waals surface area (Å²) in [4.78, 5) is 12.8. The van der Waals surface area contributed by atoms with Gasteiger partial charge in [0.05, 0.1) is 0 Å². The maximum Gasteiger partial charge on any atom is 0.257 e. The number of hydrogen-bond donors (Lipinski definition) is 1. The van der Waals surface area contributed by atoms with E-state index in [-0.39, 0.29) is 17.4 Å². The molecule has 3 aromatic rings. The third-order valence-corrected chi connectivity index (χ3v) is 8.58. The van der Waals surface area contributed by atoms with Gasteiger partial charge in [0.25, 0.3) is 5.91 Å². The number of sulfone groups is 1. The van der Waals surface area contributed by atoms with Gasteiger partial charge in [-0.1, -0.05) is 23.7 Å². The average Bonchev–Trinajstić information content (AvgIpc) is 3.35.